The van der Waals surface area contributed by atoms with Crippen LogP contribution in [0, 0.1) is 0 Å². The molecule has 1 heterocycles. The van der Waals surface area contributed by atoms with Gasteiger partial charge in [-0.05, 0) is 18.2 Å². The number of nitrogens with zero attached hydrogens (tertiary/aromatic N) is 1. The molecule has 1 aliphatic rings. The number of nitrogens with one attached hydrogen (secondary N) is 2. The maximum atomic E-state index is 13.1. The summed E-state index contributed by atoms with van der Waals surface area (Å²) in [7, 11) is 1.61. The molecular weight excluding hydrogens is 316 g/mol. The van der Waals surface area contributed by atoms with E-state index in [0.29, 0.717) is 11.4 Å². The number of hydrogen-bond acceptors (Lipinski definition) is 3. The number of amides is 2. The molecule has 8 heteroatoms. The molecule has 1 atom stereocenters. The Labute approximate surface area is 133 Å². The molecule has 1 fully saturated rings. The van der Waals surface area contributed by atoms with Gasteiger partial charge >= 0.3 is 0 Å². The van der Waals surface area contributed by atoms with E-state index in [4.69, 9.17) is 0 Å². The third-order valence-corrected chi connectivity index (χ3v) is 3.40. The average molecular weight is 334 g/mol. The number of alkyl halides is 2. The molecule has 2 rings (SSSR count). The summed E-state index contributed by atoms with van der Waals surface area (Å²) in [6.45, 7) is 0.938. The molecule has 1 aromatic carbocycles. The Kier molecular flexibility index (Phi) is 5.85. The molecule has 1 aliphatic heterocycles. The van der Waals surface area contributed by atoms with E-state index < -0.39 is 30.8 Å². The van der Waals surface area contributed by atoms with Gasteiger partial charge in [0.2, 0.25) is 11.8 Å². The Bertz CT molecular complexity index is 569. The molecule has 0 bridgehead atoms. The van der Waals surface area contributed by atoms with E-state index in [0.717, 1.165) is 0 Å². The third kappa shape index (κ3) is 4.38. The van der Waals surface area contributed by atoms with Gasteiger partial charge in [0.15, 0.2) is 0 Å². The van der Waals surface area contributed by atoms with Crippen molar-refractivity contribution in [2.45, 2.75) is 25.3 Å². The molecule has 5 nitrogen and oxygen atoms in total. The number of hydrogen-bond donors (Lipinski definition) is 2. The lowest BCUT2D eigenvalue weighted by Gasteiger charge is -2.17. The summed E-state index contributed by atoms with van der Waals surface area (Å²) in [6, 6.07) is 5.75. The fourth-order valence-corrected chi connectivity index (χ4v) is 2.10. The molecule has 2 N–H and O–H groups in total. The van der Waals surface area contributed by atoms with Crippen molar-refractivity contribution in [1.29, 1.82) is 0 Å². The highest BCUT2D eigenvalue weighted by molar-refractivity contribution is 5.96. The molecule has 0 aliphatic carbocycles. The zero-order valence-corrected chi connectivity index (χ0v) is 13.0. The molecule has 0 aromatic heterocycles. The van der Waals surface area contributed by atoms with Crippen LogP contribution in [0.1, 0.15) is 13.3 Å². The highest BCUT2D eigenvalue weighted by atomic mass is 35.5. The molecule has 0 radical (unpaired) electrons. The zero-order valence-electron chi connectivity index (χ0n) is 12.2. The van der Waals surface area contributed by atoms with E-state index in [-0.39, 0.29) is 18.3 Å². The van der Waals surface area contributed by atoms with Crippen LogP contribution < -0.4 is 15.5 Å². The zero-order chi connectivity index (χ0) is 15.6. The Morgan fingerprint density at radius 3 is 2.64 bits per heavy atom. The predicted molar refractivity (Wildman–Crippen MR) is 82.8 cm³/mol. The molecule has 0 spiro atoms. The van der Waals surface area contributed by atoms with Crippen molar-refractivity contribution in [2.75, 3.05) is 23.8 Å². The van der Waals surface area contributed by atoms with Crippen LogP contribution in [-0.2, 0) is 9.59 Å². The SMILES string of the molecule is CC(=O)N(C)c1cccc(NC(=O)C2CC(F)(F)CN2)c1.Cl. The van der Waals surface area contributed by atoms with Gasteiger partial charge in [0.05, 0.1) is 12.6 Å². The minimum absolute atomic E-state index is 0. The lowest BCUT2D eigenvalue weighted by Crippen LogP contribution is -2.35. The molecule has 122 valence electrons. The van der Waals surface area contributed by atoms with Gasteiger partial charge in [-0.1, -0.05) is 6.07 Å². The first-order valence-electron chi connectivity index (χ1n) is 6.55. The standard InChI is InChI=1S/C14H17F2N3O2.ClH/c1-9(20)19(2)11-5-3-4-10(6-11)18-13(21)12-7-14(15,16)8-17-12;/h3-6,12,17H,7-8H2,1-2H3,(H,18,21);1H. The molecule has 0 saturated carbocycles. The van der Waals surface area contributed by atoms with Gasteiger partial charge < -0.3 is 10.2 Å². The topological polar surface area (TPSA) is 61.4 Å². The van der Waals surface area contributed by atoms with Crippen molar-refractivity contribution >= 4 is 35.6 Å². The van der Waals surface area contributed by atoms with Gasteiger partial charge in [0, 0.05) is 31.8 Å². The Morgan fingerprint density at radius 1 is 1.41 bits per heavy atom. The van der Waals surface area contributed by atoms with Crippen LogP contribution in [0.5, 0.6) is 0 Å². The van der Waals surface area contributed by atoms with Gasteiger partial charge in [-0.2, -0.15) is 0 Å². The monoisotopic (exact) mass is 333 g/mol. The summed E-state index contributed by atoms with van der Waals surface area (Å²) in [5, 5.41) is 5.08. The second-order valence-corrected chi connectivity index (χ2v) is 5.11. The molecule has 1 saturated heterocycles. The van der Waals surface area contributed by atoms with Crippen molar-refractivity contribution in [3.05, 3.63) is 24.3 Å². The van der Waals surface area contributed by atoms with Crippen molar-refractivity contribution in [3.63, 3.8) is 0 Å². The van der Waals surface area contributed by atoms with E-state index in [1.54, 1.807) is 31.3 Å². The molecule has 1 aromatic rings. The van der Waals surface area contributed by atoms with Crippen LogP contribution in [0.4, 0.5) is 20.2 Å². The number of halogens is 3. The largest absolute Gasteiger partial charge is 0.325 e. The molecule has 22 heavy (non-hydrogen) atoms. The normalized spacial score (nSPS) is 19.2. The van der Waals surface area contributed by atoms with Crippen LogP contribution in [0.25, 0.3) is 0 Å². The number of rotatable bonds is 3. The fourth-order valence-electron chi connectivity index (χ4n) is 2.10. The number of benzene rings is 1. The molecular formula is C14H18ClF2N3O2. The molecule has 1 unspecified atom stereocenters. The first-order valence-corrected chi connectivity index (χ1v) is 6.55. The minimum atomic E-state index is -2.85. The van der Waals surface area contributed by atoms with Crippen LogP contribution in [0.15, 0.2) is 24.3 Å². The van der Waals surface area contributed by atoms with Gasteiger partial charge in [-0.3, -0.25) is 14.9 Å². The Hall–Kier alpha value is -1.73. The van der Waals surface area contributed by atoms with Crippen LogP contribution >= 0.6 is 12.4 Å². The van der Waals surface area contributed by atoms with E-state index in [1.807, 2.05) is 0 Å². The summed E-state index contributed by atoms with van der Waals surface area (Å²) < 4.78 is 26.1. The predicted octanol–water partition coefficient (Wildman–Crippen LogP) is 2.03. The van der Waals surface area contributed by atoms with Crippen molar-refractivity contribution in [1.82, 2.24) is 5.32 Å². The number of anilines is 2. The first kappa shape index (κ1) is 18.3. The Morgan fingerprint density at radius 2 is 2.09 bits per heavy atom. The van der Waals surface area contributed by atoms with Crippen LogP contribution in [-0.4, -0.2) is 37.4 Å². The van der Waals surface area contributed by atoms with Gasteiger partial charge in [-0.25, -0.2) is 8.78 Å². The second-order valence-electron chi connectivity index (χ2n) is 5.11. The van der Waals surface area contributed by atoms with E-state index in [9.17, 15) is 18.4 Å². The minimum Gasteiger partial charge on any atom is -0.325 e. The third-order valence-electron chi connectivity index (χ3n) is 3.40. The highest BCUT2D eigenvalue weighted by Crippen LogP contribution is 2.26. The number of carbonyl (C=O) groups is 2. The van der Waals surface area contributed by atoms with E-state index in [2.05, 4.69) is 10.6 Å². The van der Waals surface area contributed by atoms with Gasteiger partial charge in [0.1, 0.15) is 0 Å². The smallest absolute Gasteiger partial charge is 0.262 e. The van der Waals surface area contributed by atoms with E-state index in [1.165, 1.54) is 11.8 Å². The maximum absolute atomic E-state index is 13.1. The molecule has 2 amide bonds. The summed E-state index contributed by atoms with van der Waals surface area (Å²) in [5.41, 5.74) is 1.08. The van der Waals surface area contributed by atoms with Crippen molar-refractivity contribution < 1.29 is 18.4 Å². The quantitative estimate of drug-likeness (QED) is 0.889. The summed E-state index contributed by atoms with van der Waals surface area (Å²) in [4.78, 5) is 24.7. The summed E-state index contributed by atoms with van der Waals surface area (Å²) >= 11 is 0. The first-order chi connectivity index (χ1) is 9.78. The van der Waals surface area contributed by atoms with Gasteiger partial charge in [0.25, 0.3) is 5.92 Å². The lowest BCUT2D eigenvalue weighted by molar-refractivity contribution is -0.118. The highest BCUT2D eigenvalue weighted by Gasteiger charge is 2.42. The van der Waals surface area contributed by atoms with Crippen molar-refractivity contribution in [3.8, 4) is 0 Å². The lowest BCUT2D eigenvalue weighted by atomic mass is 10.1. The average Bonchev–Trinajstić information content (AvgIpc) is 2.78. The number of carbonyl (C=O) groups excluding carboxylic acids is 2. The fraction of sp³-hybridized carbons (Fsp3) is 0.429. The van der Waals surface area contributed by atoms with Crippen LogP contribution in [0.2, 0.25) is 0 Å². The van der Waals surface area contributed by atoms with Gasteiger partial charge in [-0.15, -0.1) is 12.4 Å². The summed E-state index contributed by atoms with van der Waals surface area (Å²) in [6.07, 6.45) is -0.508. The Balaban J connectivity index is 0.00000242. The van der Waals surface area contributed by atoms with Crippen LogP contribution in [0.3, 0.4) is 0 Å². The second kappa shape index (κ2) is 7.02. The van der Waals surface area contributed by atoms with Crippen molar-refractivity contribution in [2.24, 2.45) is 0 Å². The maximum Gasteiger partial charge on any atom is 0.262 e. The summed E-state index contributed by atoms with van der Waals surface area (Å²) in [5.74, 6) is -3.50. The van der Waals surface area contributed by atoms with E-state index >= 15 is 0 Å².